The van der Waals surface area contributed by atoms with Gasteiger partial charge < -0.3 is 10.4 Å². The summed E-state index contributed by atoms with van der Waals surface area (Å²) in [5, 5.41) is 15.3. The molecule has 0 aliphatic heterocycles. The molecule has 4 rings (SSSR count). The minimum Gasteiger partial charge on any atom is -0.505 e. The summed E-state index contributed by atoms with van der Waals surface area (Å²) in [6.07, 6.45) is 5.30. The lowest BCUT2D eigenvalue weighted by Gasteiger charge is -2.22. The molecule has 0 amide bonds. The van der Waals surface area contributed by atoms with Crippen LogP contribution in [0.25, 0.3) is 10.9 Å². The largest absolute Gasteiger partial charge is 0.505 e. The van der Waals surface area contributed by atoms with Gasteiger partial charge in [0, 0.05) is 35.2 Å². The second-order valence-electron chi connectivity index (χ2n) is 6.61. The number of hydrogen-bond acceptors (Lipinski definition) is 5. The van der Waals surface area contributed by atoms with Crippen molar-refractivity contribution in [2.24, 2.45) is 0 Å². The van der Waals surface area contributed by atoms with Crippen LogP contribution in [0.15, 0.2) is 67.1 Å². The van der Waals surface area contributed by atoms with E-state index in [0.717, 1.165) is 33.6 Å². The van der Waals surface area contributed by atoms with Gasteiger partial charge >= 0.3 is 0 Å². The minimum absolute atomic E-state index is 0.178. The first-order valence-electron chi connectivity index (χ1n) is 8.80. The number of aromatic nitrogens is 3. The second kappa shape index (κ2) is 7.03. The van der Waals surface area contributed by atoms with Crippen LogP contribution in [0.5, 0.6) is 5.75 Å². The molecule has 0 fully saturated rings. The molecule has 1 aromatic carbocycles. The third-order valence-electron chi connectivity index (χ3n) is 4.56. The van der Waals surface area contributed by atoms with E-state index in [9.17, 15) is 5.11 Å². The highest BCUT2D eigenvalue weighted by molar-refractivity contribution is 5.86. The van der Waals surface area contributed by atoms with Crippen molar-refractivity contribution in [3.8, 4) is 5.75 Å². The molecular weight excluding hydrogens is 336 g/mol. The third kappa shape index (κ3) is 3.44. The van der Waals surface area contributed by atoms with E-state index in [4.69, 9.17) is 0 Å². The van der Waals surface area contributed by atoms with E-state index in [0.29, 0.717) is 5.52 Å². The summed E-state index contributed by atoms with van der Waals surface area (Å²) in [6, 6.07) is 15.3. The van der Waals surface area contributed by atoms with Crippen LogP contribution in [0.1, 0.15) is 28.4 Å². The molecule has 0 saturated carbocycles. The molecule has 0 aliphatic rings. The van der Waals surface area contributed by atoms with Crippen LogP contribution >= 0.6 is 0 Å². The zero-order valence-electron chi connectivity index (χ0n) is 15.2. The van der Waals surface area contributed by atoms with Gasteiger partial charge in [0.25, 0.3) is 0 Å². The first kappa shape index (κ1) is 17.0. The molecule has 0 radical (unpaired) electrons. The number of nitrogens with zero attached hydrogens (tertiary/aromatic N) is 3. The van der Waals surface area contributed by atoms with E-state index in [1.54, 1.807) is 12.4 Å². The Bertz CT molecular complexity index is 1080. The Morgan fingerprint density at radius 3 is 2.44 bits per heavy atom. The highest BCUT2D eigenvalue weighted by Gasteiger charge is 2.20. The SMILES string of the molecule is Cc1ccc(NC(c2ccncc2)c2ccc3ccc(C)nc3c2O)nc1. The highest BCUT2D eigenvalue weighted by Crippen LogP contribution is 2.36. The maximum absolute atomic E-state index is 11.0. The number of hydrogen-bond donors (Lipinski definition) is 2. The van der Waals surface area contributed by atoms with Crippen LogP contribution in [0.2, 0.25) is 0 Å². The maximum atomic E-state index is 11.0. The van der Waals surface area contributed by atoms with Gasteiger partial charge in [-0.3, -0.25) is 4.98 Å². The summed E-state index contributed by atoms with van der Waals surface area (Å²) in [6.45, 7) is 3.92. The van der Waals surface area contributed by atoms with Crippen molar-refractivity contribution in [3.63, 3.8) is 0 Å². The molecule has 1 unspecified atom stereocenters. The predicted molar refractivity (Wildman–Crippen MR) is 107 cm³/mol. The topological polar surface area (TPSA) is 70.9 Å². The number of anilines is 1. The van der Waals surface area contributed by atoms with Gasteiger partial charge in [-0.1, -0.05) is 24.3 Å². The van der Waals surface area contributed by atoms with Crippen molar-refractivity contribution in [2.75, 3.05) is 5.32 Å². The monoisotopic (exact) mass is 356 g/mol. The number of nitrogens with one attached hydrogen (secondary N) is 1. The van der Waals surface area contributed by atoms with Crippen LogP contribution in [0.3, 0.4) is 0 Å². The minimum atomic E-state index is -0.282. The lowest BCUT2D eigenvalue weighted by molar-refractivity contribution is 0.471. The van der Waals surface area contributed by atoms with Crippen molar-refractivity contribution in [1.29, 1.82) is 0 Å². The first-order valence-corrected chi connectivity index (χ1v) is 8.80. The van der Waals surface area contributed by atoms with Crippen LogP contribution in [-0.4, -0.2) is 20.1 Å². The molecule has 0 spiro atoms. The Labute approximate surface area is 157 Å². The van der Waals surface area contributed by atoms with Gasteiger partial charge in [0.05, 0.1) is 6.04 Å². The molecule has 5 nitrogen and oxygen atoms in total. The van der Waals surface area contributed by atoms with E-state index < -0.39 is 0 Å². The van der Waals surface area contributed by atoms with Gasteiger partial charge in [-0.25, -0.2) is 9.97 Å². The van der Waals surface area contributed by atoms with Gasteiger partial charge in [-0.15, -0.1) is 0 Å². The number of phenolic OH excluding ortho intramolecular Hbond substituents is 1. The molecule has 0 aliphatic carbocycles. The van der Waals surface area contributed by atoms with Gasteiger partial charge in [0.15, 0.2) is 0 Å². The fourth-order valence-corrected chi connectivity index (χ4v) is 3.12. The molecule has 3 aromatic heterocycles. The standard InChI is InChI=1S/C22H20N4O/c1-14-3-8-19(24-13-14)26-20(17-9-11-23-12-10-17)18-7-6-16-5-4-15(2)25-21(16)22(18)27/h3-13,20,27H,1-2H3,(H,24,26). The summed E-state index contributed by atoms with van der Waals surface area (Å²) >= 11 is 0. The maximum Gasteiger partial charge on any atom is 0.147 e. The number of rotatable bonds is 4. The number of aryl methyl sites for hydroxylation is 2. The Hall–Kier alpha value is -3.47. The number of pyridine rings is 3. The average Bonchev–Trinajstić information content (AvgIpc) is 2.69. The van der Waals surface area contributed by atoms with Crippen LogP contribution in [0, 0.1) is 13.8 Å². The summed E-state index contributed by atoms with van der Waals surface area (Å²) in [7, 11) is 0. The zero-order valence-corrected chi connectivity index (χ0v) is 15.2. The lowest BCUT2D eigenvalue weighted by atomic mass is 9.97. The molecule has 0 bridgehead atoms. The molecular formula is C22H20N4O. The van der Waals surface area contributed by atoms with Crippen molar-refractivity contribution < 1.29 is 5.11 Å². The number of aromatic hydroxyl groups is 1. The smallest absolute Gasteiger partial charge is 0.147 e. The van der Waals surface area contributed by atoms with Crippen molar-refractivity contribution in [1.82, 2.24) is 15.0 Å². The normalized spacial score (nSPS) is 12.1. The fraction of sp³-hybridized carbons (Fsp3) is 0.136. The Balaban J connectivity index is 1.84. The van der Waals surface area contributed by atoms with Crippen molar-refractivity contribution in [3.05, 3.63) is 89.5 Å². The first-order chi connectivity index (χ1) is 13.1. The Morgan fingerprint density at radius 1 is 0.926 bits per heavy atom. The van der Waals surface area contributed by atoms with Crippen molar-refractivity contribution >= 4 is 16.7 Å². The molecule has 4 aromatic rings. The van der Waals surface area contributed by atoms with E-state index in [2.05, 4.69) is 20.3 Å². The number of phenols is 1. The van der Waals surface area contributed by atoms with Gasteiger partial charge in [0.1, 0.15) is 17.1 Å². The summed E-state index contributed by atoms with van der Waals surface area (Å²) < 4.78 is 0. The van der Waals surface area contributed by atoms with Gasteiger partial charge in [0.2, 0.25) is 0 Å². The van der Waals surface area contributed by atoms with Crippen LogP contribution in [-0.2, 0) is 0 Å². The highest BCUT2D eigenvalue weighted by atomic mass is 16.3. The average molecular weight is 356 g/mol. The molecule has 0 saturated heterocycles. The Kier molecular flexibility index (Phi) is 4.42. The van der Waals surface area contributed by atoms with Gasteiger partial charge in [-0.05, 0) is 49.2 Å². The fourth-order valence-electron chi connectivity index (χ4n) is 3.12. The molecule has 1 atom stereocenters. The molecule has 5 heteroatoms. The lowest BCUT2D eigenvalue weighted by Crippen LogP contribution is -2.14. The van der Waals surface area contributed by atoms with Crippen molar-refractivity contribution in [2.45, 2.75) is 19.9 Å². The molecule has 3 heterocycles. The van der Waals surface area contributed by atoms with E-state index >= 15 is 0 Å². The summed E-state index contributed by atoms with van der Waals surface area (Å²) in [5.41, 5.74) is 4.28. The van der Waals surface area contributed by atoms with Crippen LogP contribution < -0.4 is 5.32 Å². The predicted octanol–water partition coefficient (Wildman–Crippen LogP) is 4.55. The summed E-state index contributed by atoms with van der Waals surface area (Å²) in [4.78, 5) is 13.1. The molecule has 2 N–H and O–H groups in total. The van der Waals surface area contributed by atoms with E-state index in [-0.39, 0.29) is 11.8 Å². The quantitative estimate of drug-likeness (QED) is 0.561. The van der Waals surface area contributed by atoms with Gasteiger partial charge in [-0.2, -0.15) is 0 Å². The molecule has 27 heavy (non-hydrogen) atoms. The Morgan fingerprint density at radius 2 is 1.70 bits per heavy atom. The summed E-state index contributed by atoms with van der Waals surface area (Å²) in [5.74, 6) is 0.914. The zero-order chi connectivity index (χ0) is 18.8. The third-order valence-corrected chi connectivity index (χ3v) is 4.56. The van der Waals surface area contributed by atoms with E-state index in [1.807, 2.05) is 68.6 Å². The number of fused-ring (bicyclic) bond motifs is 1. The molecule has 134 valence electrons. The number of benzene rings is 1. The van der Waals surface area contributed by atoms with Crippen LogP contribution in [0.4, 0.5) is 5.82 Å². The van der Waals surface area contributed by atoms with E-state index in [1.165, 1.54) is 0 Å². The second-order valence-corrected chi connectivity index (χ2v) is 6.61.